The van der Waals surface area contributed by atoms with Gasteiger partial charge < -0.3 is 19.3 Å². The second-order valence-electron chi connectivity index (χ2n) is 5.46. The van der Waals surface area contributed by atoms with Crippen LogP contribution in [0, 0.1) is 0 Å². The van der Waals surface area contributed by atoms with Crippen molar-refractivity contribution in [1.29, 1.82) is 0 Å². The summed E-state index contributed by atoms with van der Waals surface area (Å²) in [6.07, 6.45) is 0. The van der Waals surface area contributed by atoms with Crippen LogP contribution >= 0.6 is 11.6 Å². The van der Waals surface area contributed by atoms with Gasteiger partial charge in [0.05, 0.1) is 32.5 Å². The molecule has 0 spiro atoms. The third-order valence-electron chi connectivity index (χ3n) is 2.59. The monoisotopic (exact) mass is 316 g/mol. The van der Waals surface area contributed by atoms with Crippen LogP contribution in [-0.4, -0.2) is 37.0 Å². The molecule has 1 N–H and O–H groups in total. The first-order valence-corrected chi connectivity index (χ1v) is 6.94. The molecule has 0 amide bonds. The summed E-state index contributed by atoms with van der Waals surface area (Å²) in [6.45, 7) is 6.95. The van der Waals surface area contributed by atoms with Crippen molar-refractivity contribution in [2.75, 3.05) is 20.3 Å². The average Bonchev–Trinajstić information content (AvgIpc) is 2.36. The predicted octanol–water partition coefficient (Wildman–Crippen LogP) is 3.38. The van der Waals surface area contributed by atoms with Crippen LogP contribution in [0.15, 0.2) is 12.1 Å². The topological polar surface area (TPSA) is 65.0 Å². The van der Waals surface area contributed by atoms with E-state index in [9.17, 15) is 4.79 Å². The van der Waals surface area contributed by atoms with Gasteiger partial charge in [0.1, 0.15) is 11.3 Å². The van der Waals surface area contributed by atoms with Gasteiger partial charge in [-0.15, -0.1) is 0 Å². The molecule has 0 fully saturated rings. The van der Waals surface area contributed by atoms with Gasteiger partial charge in [-0.2, -0.15) is 0 Å². The number of hydrogen-bond acceptors (Lipinski definition) is 4. The lowest BCUT2D eigenvalue weighted by molar-refractivity contribution is -0.0378. The van der Waals surface area contributed by atoms with Crippen molar-refractivity contribution in [3.8, 4) is 5.75 Å². The quantitative estimate of drug-likeness (QED) is 0.781. The van der Waals surface area contributed by atoms with E-state index in [0.29, 0.717) is 23.8 Å². The number of rotatable bonds is 7. The number of hydrogen-bond donors (Lipinski definition) is 1. The number of benzene rings is 1. The van der Waals surface area contributed by atoms with Crippen molar-refractivity contribution < 1.29 is 24.1 Å². The molecule has 0 saturated carbocycles. The maximum Gasteiger partial charge on any atom is 0.339 e. The lowest BCUT2D eigenvalue weighted by atomic mass is 10.1. The number of carbonyl (C=O) groups is 1. The van der Waals surface area contributed by atoms with Crippen molar-refractivity contribution in [1.82, 2.24) is 0 Å². The predicted molar refractivity (Wildman–Crippen MR) is 80.3 cm³/mol. The van der Waals surface area contributed by atoms with E-state index in [1.165, 1.54) is 13.2 Å². The van der Waals surface area contributed by atoms with E-state index < -0.39 is 5.97 Å². The minimum absolute atomic E-state index is 0.0227. The van der Waals surface area contributed by atoms with Gasteiger partial charge in [0.15, 0.2) is 0 Å². The van der Waals surface area contributed by atoms with E-state index in [1.807, 2.05) is 20.8 Å². The van der Waals surface area contributed by atoms with Crippen molar-refractivity contribution in [3.05, 3.63) is 28.3 Å². The van der Waals surface area contributed by atoms with Crippen LogP contribution in [0.4, 0.5) is 0 Å². The summed E-state index contributed by atoms with van der Waals surface area (Å²) in [5, 5.41) is 9.48. The Bertz CT molecular complexity index is 494. The van der Waals surface area contributed by atoms with E-state index in [4.69, 9.17) is 30.9 Å². The van der Waals surface area contributed by atoms with Gasteiger partial charge in [-0.1, -0.05) is 11.6 Å². The van der Waals surface area contributed by atoms with Crippen LogP contribution in [0.25, 0.3) is 0 Å². The highest BCUT2D eigenvalue weighted by Gasteiger charge is 2.17. The van der Waals surface area contributed by atoms with Crippen LogP contribution in [0.1, 0.15) is 36.7 Å². The molecule has 1 aromatic carbocycles. The van der Waals surface area contributed by atoms with Crippen molar-refractivity contribution in [2.45, 2.75) is 33.0 Å². The van der Waals surface area contributed by atoms with Crippen LogP contribution in [0.2, 0.25) is 5.02 Å². The fourth-order valence-corrected chi connectivity index (χ4v) is 1.99. The average molecular weight is 317 g/mol. The van der Waals surface area contributed by atoms with Crippen LogP contribution in [0.3, 0.4) is 0 Å². The van der Waals surface area contributed by atoms with Crippen LogP contribution < -0.4 is 4.74 Å². The number of ether oxygens (including phenoxy) is 3. The second-order valence-corrected chi connectivity index (χ2v) is 5.90. The summed E-state index contributed by atoms with van der Waals surface area (Å²) in [7, 11) is 1.42. The Balaban J connectivity index is 2.68. The molecular formula is C15H21ClO5. The molecule has 0 bridgehead atoms. The van der Waals surface area contributed by atoms with E-state index in [-0.39, 0.29) is 23.5 Å². The fourth-order valence-electron chi connectivity index (χ4n) is 1.75. The summed E-state index contributed by atoms with van der Waals surface area (Å²) >= 11 is 5.92. The van der Waals surface area contributed by atoms with Crippen molar-refractivity contribution in [3.63, 3.8) is 0 Å². The first kappa shape index (κ1) is 17.8. The zero-order valence-electron chi connectivity index (χ0n) is 12.7. The second kappa shape index (κ2) is 7.64. The van der Waals surface area contributed by atoms with Gasteiger partial charge in [0, 0.05) is 10.6 Å². The van der Waals surface area contributed by atoms with Crippen LogP contribution in [0.5, 0.6) is 5.75 Å². The number of carboxylic acids is 1. The Morgan fingerprint density at radius 2 is 1.95 bits per heavy atom. The molecule has 6 heteroatoms. The molecule has 0 heterocycles. The van der Waals surface area contributed by atoms with Gasteiger partial charge in [0.25, 0.3) is 0 Å². The van der Waals surface area contributed by atoms with Gasteiger partial charge in [-0.3, -0.25) is 0 Å². The number of aromatic carboxylic acids is 1. The summed E-state index contributed by atoms with van der Waals surface area (Å²) < 4.78 is 16.2. The molecule has 0 unspecified atom stereocenters. The molecule has 5 nitrogen and oxygen atoms in total. The first-order chi connectivity index (χ1) is 9.74. The SMILES string of the molecule is COc1c(COCCOC(C)(C)C)cc(Cl)cc1C(=O)O. The highest BCUT2D eigenvalue weighted by molar-refractivity contribution is 6.31. The smallest absolute Gasteiger partial charge is 0.339 e. The molecule has 0 aliphatic heterocycles. The van der Waals surface area contributed by atoms with Gasteiger partial charge in [-0.05, 0) is 32.9 Å². The lowest BCUT2D eigenvalue weighted by Crippen LogP contribution is -2.21. The first-order valence-electron chi connectivity index (χ1n) is 6.56. The molecule has 0 radical (unpaired) electrons. The molecule has 0 aliphatic carbocycles. The molecule has 118 valence electrons. The Kier molecular flexibility index (Phi) is 6.45. The summed E-state index contributed by atoms with van der Waals surface area (Å²) in [5.41, 5.74) is 0.404. The Hall–Kier alpha value is -1.30. The molecular weight excluding hydrogens is 296 g/mol. The third kappa shape index (κ3) is 5.91. The maximum atomic E-state index is 11.2. The Morgan fingerprint density at radius 1 is 1.29 bits per heavy atom. The third-order valence-corrected chi connectivity index (χ3v) is 2.80. The summed E-state index contributed by atoms with van der Waals surface area (Å²) in [5.74, 6) is -0.824. The summed E-state index contributed by atoms with van der Waals surface area (Å²) in [6, 6.07) is 2.99. The molecule has 0 saturated heterocycles. The molecule has 1 aromatic rings. The summed E-state index contributed by atoms with van der Waals surface area (Å²) in [4.78, 5) is 11.2. The maximum absolute atomic E-state index is 11.2. The minimum Gasteiger partial charge on any atom is -0.495 e. The molecule has 0 atom stereocenters. The van der Waals surface area contributed by atoms with Crippen molar-refractivity contribution in [2.24, 2.45) is 0 Å². The van der Waals surface area contributed by atoms with Gasteiger partial charge in [0.2, 0.25) is 0 Å². The Labute approximate surface area is 129 Å². The van der Waals surface area contributed by atoms with Gasteiger partial charge in [-0.25, -0.2) is 4.79 Å². The highest BCUT2D eigenvalue weighted by Crippen LogP contribution is 2.29. The number of methoxy groups -OCH3 is 1. The molecule has 0 aromatic heterocycles. The van der Waals surface area contributed by atoms with Crippen LogP contribution in [-0.2, 0) is 16.1 Å². The zero-order valence-corrected chi connectivity index (χ0v) is 13.5. The normalized spacial score (nSPS) is 11.5. The standard InChI is InChI=1S/C15H21ClO5/c1-15(2,3)21-6-5-20-9-10-7-11(16)8-12(14(17)18)13(10)19-4/h7-8H,5-6,9H2,1-4H3,(H,17,18). The lowest BCUT2D eigenvalue weighted by Gasteiger charge is -2.19. The number of carboxylic acid groups (broad SMARTS) is 1. The minimum atomic E-state index is -1.09. The zero-order chi connectivity index (χ0) is 16.0. The van der Waals surface area contributed by atoms with E-state index in [1.54, 1.807) is 6.07 Å². The molecule has 0 aliphatic rings. The molecule has 1 rings (SSSR count). The van der Waals surface area contributed by atoms with E-state index in [0.717, 1.165) is 0 Å². The van der Waals surface area contributed by atoms with E-state index in [2.05, 4.69) is 0 Å². The highest BCUT2D eigenvalue weighted by atomic mass is 35.5. The van der Waals surface area contributed by atoms with Gasteiger partial charge >= 0.3 is 5.97 Å². The van der Waals surface area contributed by atoms with E-state index >= 15 is 0 Å². The fraction of sp³-hybridized carbons (Fsp3) is 0.533. The largest absolute Gasteiger partial charge is 0.495 e. The van der Waals surface area contributed by atoms with Crippen molar-refractivity contribution >= 4 is 17.6 Å². The number of halogens is 1. The Morgan fingerprint density at radius 3 is 2.48 bits per heavy atom. The molecule has 21 heavy (non-hydrogen) atoms.